The van der Waals surface area contributed by atoms with Crippen LogP contribution in [0.5, 0.6) is 0 Å². The predicted molar refractivity (Wildman–Crippen MR) is 91.2 cm³/mol. The molecule has 1 saturated heterocycles. The molecule has 7 heteroatoms. The standard InChI is InChI=1S/C17H22N4O3/c1-4-11-7-5-6-10-21(11)16(23)13-9-8-12-14(18-13)19(2)17(24)20(3)15(12)22/h8-9,11H,4-7,10H2,1-3H3. The Bertz CT molecular complexity index is 912. The van der Waals surface area contributed by atoms with E-state index in [0.29, 0.717) is 5.39 Å². The van der Waals surface area contributed by atoms with E-state index in [2.05, 4.69) is 11.9 Å². The van der Waals surface area contributed by atoms with Crippen molar-refractivity contribution >= 4 is 16.9 Å². The Morgan fingerprint density at radius 2 is 1.96 bits per heavy atom. The van der Waals surface area contributed by atoms with E-state index in [1.807, 2.05) is 4.90 Å². The van der Waals surface area contributed by atoms with Crippen LogP contribution in [0.3, 0.4) is 0 Å². The molecule has 128 valence electrons. The van der Waals surface area contributed by atoms with Crippen LogP contribution in [0, 0.1) is 0 Å². The number of pyridine rings is 1. The van der Waals surface area contributed by atoms with Gasteiger partial charge in [-0.25, -0.2) is 9.78 Å². The Hall–Kier alpha value is -2.44. The van der Waals surface area contributed by atoms with E-state index >= 15 is 0 Å². The van der Waals surface area contributed by atoms with Gasteiger partial charge >= 0.3 is 5.69 Å². The molecule has 1 aliphatic rings. The first-order chi connectivity index (χ1) is 11.5. The first-order valence-electron chi connectivity index (χ1n) is 8.33. The van der Waals surface area contributed by atoms with E-state index in [4.69, 9.17) is 0 Å². The summed E-state index contributed by atoms with van der Waals surface area (Å²) in [6, 6.07) is 3.40. The second-order valence-corrected chi connectivity index (χ2v) is 6.33. The van der Waals surface area contributed by atoms with Gasteiger partial charge in [-0.05, 0) is 37.8 Å². The molecule has 0 N–H and O–H groups in total. The average Bonchev–Trinajstić information content (AvgIpc) is 2.63. The maximum absolute atomic E-state index is 12.9. The lowest BCUT2D eigenvalue weighted by molar-refractivity contribution is 0.0602. The quantitative estimate of drug-likeness (QED) is 0.824. The molecular formula is C17H22N4O3. The molecule has 1 fully saturated rings. The number of hydrogen-bond acceptors (Lipinski definition) is 4. The van der Waals surface area contributed by atoms with Crippen LogP contribution in [0.15, 0.2) is 21.7 Å². The molecule has 0 aromatic carbocycles. The molecule has 1 unspecified atom stereocenters. The van der Waals surface area contributed by atoms with E-state index in [1.165, 1.54) is 11.6 Å². The van der Waals surface area contributed by atoms with Crippen molar-refractivity contribution in [3.8, 4) is 0 Å². The molecule has 7 nitrogen and oxygen atoms in total. The molecule has 0 aliphatic carbocycles. The third kappa shape index (κ3) is 2.53. The molecule has 1 aliphatic heterocycles. The van der Waals surface area contributed by atoms with Gasteiger partial charge in [-0.3, -0.25) is 18.7 Å². The highest BCUT2D eigenvalue weighted by Crippen LogP contribution is 2.21. The van der Waals surface area contributed by atoms with E-state index in [9.17, 15) is 14.4 Å². The molecule has 3 heterocycles. The number of hydrogen-bond donors (Lipinski definition) is 0. The Kier molecular flexibility index (Phi) is 4.26. The molecule has 1 atom stereocenters. The minimum absolute atomic E-state index is 0.128. The van der Waals surface area contributed by atoms with Crippen LogP contribution in [0.2, 0.25) is 0 Å². The monoisotopic (exact) mass is 330 g/mol. The van der Waals surface area contributed by atoms with Gasteiger partial charge in [0, 0.05) is 26.7 Å². The fraction of sp³-hybridized carbons (Fsp3) is 0.529. The number of likely N-dealkylation sites (tertiary alicyclic amines) is 1. The van der Waals surface area contributed by atoms with Gasteiger partial charge in [0.05, 0.1) is 5.39 Å². The lowest BCUT2D eigenvalue weighted by atomic mass is 9.99. The third-order valence-corrected chi connectivity index (χ3v) is 4.88. The van der Waals surface area contributed by atoms with Crippen molar-refractivity contribution < 1.29 is 4.79 Å². The van der Waals surface area contributed by atoms with Gasteiger partial charge in [-0.1, -0.05) is 6.92 Å². The molecule has 3 rings (SSSR count). The number of rotatable bonds is 2. The number of aryl methyl sites for hydroxylation is 1. The first kappa shape index (κ1) is 16.4. The maximum atomic E-state index is 12.9. The van der Waals surface area contributed by atoms with Crippen LogP contribution in [-0.4, -0.2) is 37.5 Å². The zero-order chi connectivity index (χ0) is 17.4. The van der Waals surface area contributed by atoms with Crippen molar-refractivity contribution in [2.45, 2.75) is 38.6 Å². The van der Waals surface area contributed by atoms with Gasteiger partial charge in [0.1, 0.15) is 11.3 Å². The summed E-state index contributed by atoms with van der Waals surface area (Å²) in [6.45, 7) is 2.81. The lowest BCUT2D eigenvalue weighted by Crippen LogP contribution is -2.44. The van der Waals surface area contributed by atoms with Crippen molar-refractivity contribution in [1.82, 2.24) is 19.0 Å². The molecule has 24 heavy (non-hydrogen) atoms. The lowest BCUT2D eigenvalue weighted by Gasteiger charge is -2.35. The van der Waals surface area contributed by atoms with Crippen LogP contribution in [0.25, 0.3) is 11.0 Å². The van der Waals surface area contributed by atoms with E-state index < -0.39 is 11.2 Å². The Balaban J connectivity index is 2.09. The van der Waals surface area contributed by atoms with Crippen LogP contribution in [0.1, 0.15) is 43.1 Å². The second kappa shape index (κ2) is 6.22. The summed E-state index contributed by atoms with van der Waals surface area (Å²) in [5.41, 5.74) is -0.317. The third-order valence-electron chi connectivity index (χ3n) is 4.88. The summed E-state index contributed by atoms with van der Waals surface area (Å²) in [7, 11) is 2.99. The first-order valence-corrected chi connectivity index (χ1v) is 8.33. The molecule has 2 aromatic heterocycles. The highest BCUT2D eigenvalue weighted by molar-refractivity contribution is 5.94. The van der Waals surface area contributed by atoms with Gasteiger partial charge in [-0.15, -0.1) is 0 Å². The van der Waals surface area contributed by atoms with Gasteiger partial charge < -0.3 is 4.90 Å². The smallest absolute Gasteiger partial charge is 0.332 e. The Morgan fingerprint density at radius 1 is 1.21 bits per heavy atom. The summed E-state index contributed by atoms with van der Waals surface area (Å²) >= 11 is 0. The van der Waals surface area contributed by atoms with E-state index in [0.717, 1.165) is 36.8 Å². The summed E-state index contributed by atoms with van der Waals surface area (Å²) in [5, 5.41) is 0.335. The topological polar surface area (TPSA) is 77.2 Å². The zero-order valence-corrected chi connectivity index (χ0v) is 14.3. The van der Waals surface area contributed by atoms with Gasteiger partial charge in [0.15, 0.2) is 0 Å². The van der Waals surface area contributed by atoms with Crippen molar-refractivity contribution in [1.29, 1.82) is 0 Å². The molecule has 0 radical (unpaired) electrons. The van der Waals surface area contributed by atoms with E-state index in [-0.39, 0.29) is 23.3 Å². The number of piperidine rings is 1. The Morgan fingerprint density at radius 3 is 2.67 bits per heavy atom. The molecule has 0 spiro atoms. The van der Waals surface area contributed by atoms with Crippen molar-refractivity contribution in [3.63, 3.8) is 0 Å². The second-order valence-electron chi connectivity index (χ2n) is 6.33. The van der Waals surface area contributed by atoms with Crippen molar-refractivity contribution in [3.05, 3.63) is 38.7 Å². The van der Waals surface area contributed by atoms with Crippen molar-refractivity contribution in [2.24, 2.45) is 14.1 Å². The number of carbonyl (C=O) groups excluding carboxylic acids is 1. The summed E-state index contributed by atoms with van der Waals surface area (Å²) in [6.07, 6.45) is 4.06. The van der Waals surface area contributed by atoms with Crippen LogP contribution in [-0.2, 0) is 14.1 Å². The number of amides is 1. The predicted octanol–water partition coefficient (Wildman–Crippen LogP) is 1.04. The molecule has 0 bridgehead atoms. The van der Waals surface area contributed by atoms with E-state index in [1.54, 1.807) is 19.2 Å². The normalized spacial score (nSPS) is 18.1. The van der Waals surface area contributed by atoms with Gasteiger partial charge in [-0.2, -0.15) is 0 Å². The summed E-state index contributed by atoms with van der Waals surface area (Å²) in [4.78, 5) is 43.3. The van der Waals surface area contributed by atoms with Gasteiger partial charge in [0.25, 0.3) is 11.5 Å². The fourth-order valence-electron chi connectivity index (χ4n) is 3.41. The highest BCUT2D eigenvalue weighted by atomic mass is 16.2. The number of carbonyl (C=O) groups is 1. The number of fused-ring (bicyclic) bond motifs is 1. The van der Waals surface area contributed by atoms with Gasteiger partial charge in [0.2, 0.25) is 0 Å². The zero-order valence-electron chi connectivity index (χ0n) is 14.3. The molecular weight excluding hydrogens is 308 g/mol. The maximum Gasteiger partial charge on any atom is 0.332 e. The minimum atomic E-state index is -0.450. The molecule has 1 amide bonds. The van der Waals surface area contributed by atoms with Crippen LogP contribution >= 0.6 is 0 Å². The molecule has 2 aromatic rings. The minimum Gasteiger partial charge on any atom is -0.334 e. The summed E-state index contributed by atoms with van der Waals surface area (Å²) in [5.74, 6) is -0.128. The Labute approximate surface area is 139 Å². The van der Waals surface area contributed by atoms with Crippen LogP contribution < -0.4 is 11.2 Å². The SMILES string of the molecule is CCC1CCCCN1C(=O)c1ccc2c(=O)n(C)c(=O)n(C)c2n1. The summed E-state index contributed by atoms with van der Waals surface area (Å²) < 4.78 is 2.35. The fourth-order valence-corrected chi connectivity index (χ4v) is 3.41. The largest absolute Gasteiger partial charge is 0.334 e. The van der Waals surface area contributed by atoms with Crippen molar-refractivity contribution in [2.75, 3.05) is 6.54 Å². The average molecular weight is 330 g/mol. The molecule has 0 saturated carbocycles. The number of aromatic nitrogens is 3. The van der Waals surface area contributed by atoms with Crippen LogP contribution in [0.4, 0.5) is 0 Å². The number of nitrogens with zero attached hydrogens (tertiary/aromatic N) is 4. The highest BCUT2D eigenvalue weighted by Gasteiger charge is 2.27.